The Morgan fingerprint density at radius 2 is 2.35 bits per heavy atom. The van der Waals surface area contributed by atoms with Crippen molar-refractivity contribution in [1.82, 2.24) is 10.3 Å². The van der Waals surface area contributed by atoms with Crippen LogP contribution in [0.3, 0.4) is 0 Å². The minimum absolute atomic E-state index is 0.0251. The first-order valence-electron chi connectivity index (χ1n) is 8.03. The molecule has 124 valence electrons. The molecule has 2 aromatic rings. The van der Waals surface area contributed by atoms with Crippen LogP contribution in [0.15, 0.2) is 21.9 Å². The summed E-state index contributed by atoms with van der Waals surface area (Å²) in [6.07, 6.45) is 3.93. The molecule has 3 rings (SSSR count). The smallest absolute Gasteiger partial charge is 0.225 e. The number of nitrogens with zero attached hydrogens (tertiary/aromatic N) is 1. The normalized spacial score (nSPS) is 24.6. The molecule has 0 radical (unpaired) electrons. The standard InChI is InChI=1S/C17H23N3O2S/c1-11-20-14(10-23-11)15-7-6-12(22-15)9-19-16(21)13-5-3-4-8-17(13,2)18/h6-7,10,13H,3-5,8-9,18H2,1-2H3,(H,19,21). The number of nitrogens with one attached hydrogen (secondary N) is 1. The van der Waals surface area contributed by atoms with Gasteiger partial charge in [-0.1, -0.05) is 12.8 Å². The van der Waals surface area contributed by atoms with E-state index in [1.807, 2.05) is 31.4 Å². The average molecular weight is 333 g/mol. The van der Waals surface area contributed by atoms with Crippen molar-refractivity contribution in [2.24, 2.45) is 11.7 Å². The quantitative estimate of drug-likeness (QED) is 0.900. The van der Waals surface area contributed by atoms with Gasteiger partial charge in [-0.2, -0.15) is 0 Å². The molecule has 2 atom stereocenters. The summed E-state index contributed by atoms with van der Waals surface area (Å²) in [5.41, 5.74) is 6.71. The molecule has 0 aliphatic heterocycles. The average Bonchev–Trinajstić information content (AvgIpc) is 3.13. The Morgan fingerprint density at radius 3 is 3.04 bits per heavy atom. The van der Waals surface area contributed by atoms with Gasteiger partial charge >= 0.3 is 0 Å². The molecule has 2 unspecified atom stereocenters. The largest absolute Gasteiger partial charge is 0.458 e. The molecule has 0 aromatic carbocycles. The van der Waals surface area contributed by atoms with Gasteiger partial charge in [-0.05, 0) is 38.8 Å². The molecule has 0 spiro atoms. The molecule has 1 saturated carbocycles. The zero-order valence-electron chi connectivity index (χ0n) is 13.6. The van der Waals surface area contributed by atoms with Gasteiger partial charge in [0.25, 0.3) is 0 Å². The van der Waals surface area contributed by atoms with Gasteiger partial charge in [0, 0.05) is 10.9 Å². The van der Waals surface area contributed by atoms with Gasteiger partial charge < -0.3 is 15.5 Å². The lowest BCUT2D eigenvalue weighted by atomic mass is 9.74. The number of thiazole rings is 1. The lowest BCUT2D eigenvalue weighted by molar-refractivity contribution is -0.128. The lowest BCUT2D eigenvalue weighted by Crippen LogP contribution is -2.52. The molecule has 5 nitrogen and oxygen atoms in total. The van der Waals surface area contributed by atoms with E-state index < -0.39 is 5.54 Å². The van der Waals surface area contributed by atoms with Crippen molar-refractivity contribution >= 4 is 17.2 Å². The third kappa shape index (κ3) is 3.64. The van der Waals surface area contributed by atoms with Gasteiger partial charge in [-0.3, -0.25) is 4.79 Å². The first-order valence-corrected chi connectivity index (χ1v) is 8.91. The zero-order chi connectivity index (χ0) is 16.4. The summed E-state index contributed by atoms with van der Waals surface area (Å²) in [6.45, 7) is 4.33. The number of hydrogen-bond acceptors (Lipinski definition) is 5. The number of aromatic nitrogens is 1. The van der Waals surface area contributed by atoms with Crippen LogP contribution < -0.4 is 11.1 Å². The van der Waals surface area contributed by atoms with Crippen LogP contribution in [0, 0.1) is 12.8 Å². The second-order valence-electron chi connectivity index (χ2n) is 6.54. The van der Waals surface area contributed by atoms with Crippen LogP contribution in [0.2, 0.25) is 0 Å². The van der Waals surface area contributed by atoms with Crippen molar-refractivity contribution in [3.8, 4) is 11.5 Å². The topological polar surface area (TPSA) is 81.2 Å². The van der Waals surface area contributed by atoms with Crippen molar-refractivity contribution in [2.75, 3.05) is 0 Å². The van der Waals surface area contributed by atoms with Crippen LogP contribution in [0.4, 0.5) is 0 Å². The lowest BCUT2D eigenvalue weighted by Gasteiger charge is -2.37. The molecule has 1 aliphatic carbocycles. The minimum atomic E-state index is -0.408. The summed E-state index contributed by atoms with van der Waals surface area (Å²) in [4.78, 5) is 16.8. The monoisotopic (exact) mass is 333 g/mol. The number of hydrogen-bond donors (Lipinski definition) is 2. The van der Waals surface area contributed by atoms with E-state index in [9.17, 15) is 4.79 Å². The fraction of sp³-hybridized carbons (Fsp3) is 0.529. The van der Waals surface area contributed by atoms with Crippen LogP contribution in [-0.2, 0) is 11.3 Å². The maximum Gasteiger partial charge on any atom is 0.225 e. The summed E-state index contributed by atoms with van der Waals surface area (Å²) < 4.78 is 5.77. The number of carbonyl (C=O) groups is 1. The predicted molar refractivity (Wildman–Crippen MR) is 91.0 cm³/mol. The molecule has 3 N–H and O–H groups in total. The molecule has 2 heterocycles. The third-order valence-electron chi connectivity index (χ3n) is 4.54. The van der Waals surface area contributed by atoms with Crippen LogP contribution in [0.25, 0.3) is 11.5 Å². The number of furan rings is 1. The first kappa shape index (κ1) is 16.2. The molecule has 6 heteroatoms. The molecule has 23 heavy (non-hydrogen) atoms. The summed E-state index contributed by atoms with van der Waals surface area (Å²) in [7, 11) is 0. The van der Waals surface area contributed by atoms with Gasteiger partial charge in [0.05, 0.1) is 17.5 Å². The van der Waals surface area contributed by atoms with Crippen LogP contribution in [0.5, 0.6) is 0 Å². The molecule has 0 bridgehead atoms. The van der Waals surface area contributed by atoms with Crippen LogP contribution in [-0.4, -0.2) is 16.4 Å². The number of carbonyl (C=O) groups excluding carboxylic acids is 1. The Morgan fingerprint density at radius 1 is 1.52 bits per heavy atom. The molecule has 1 fully saturated rings. The summed E-state index contributed by atoms with van der Waals surface area (Å²) in [5.74, 6) is 1.37. The van der Waals surface area contributed by atoms with E-state index in [0.29, 0.717) is 6.54 Å². The third-order valence-corrected chi connectivity index (χ3v) is 5.31. The van der Waals surface area contributed by atoms with Crippen molar-refractivity contribution in [3.63, 3.8) is 0 Å². The van der Waals surface area contributed by atoms with Gasteiger partial charge in [-0.15, -0.1) is 11.3 Å². The molecular formula is C17H23N3O2S. The fourth-order valence-electron chi connectivity index (χ4n) is 3.17. The van der Waals surface area contributed by atoms with Crippen molar-refractivity contribution in [2.45, 2.75) is 51.6 Å². The van der Waals surface area contributed by atoms with E-state index in [0.717, 1.165) is 47.9 Å². The zero-order valence-corrected chi connectivity index (χ0v) is 14.4. The highest BCUT2D eigenvalue weighted by Crippen LogP contribution is 2.31. The molecule has 0 saturated heterocycles. The van der Waals surface area contributed by atoms with Gasteiger partial charge in [-0.25, -0.2) is 4.98 Å². The van der Waals surface area contributed by atoms with Crippen LogP contribution >= 0.6 is 11.3 Å². The highest BCUT2D eigenvalue weighted by molar-refractivity contribution is 7.09. The Kier molecular flexibility index (Phi) is 4.55. The maximum atomic E-state index is 12.4. The van der Waals surface area contributed by atoms with Crippen molar-refractivity contribution in [1.29, 1.82) is 0 Å². The Bertz CT molecular complexity index is 690. The Labute approximate surface area is 140 Å². The highest BCUT2D eigenvalue weighted by atomic mass is 32.1. The Hall–Kier alpha value is -1.66. The van der Waals surface area contributed by atoms with Crippen molar-refractivity contribution in [3.05, 3.63) is 28.3 Å². The van der Waals surface area contributed by atoms with E-state index in [1.165, 1.54) is 0 Å². The van der Waals surface area contributed by atoms with E-state index >= 15 is 0 Å². The fourth-order valence-corrected chi connectivity index (χ4v) is 3.78. The van der Waals surface area contributed by atoms with E-state index in [4.69, 9.17) is 10.2 Å². The van der Waals surface area contributed by atoms with Gasteiger partial charge in [0.1, 0.15) is 11.5 Å². The van der Waals surface area contributed by atoms with Crippen molar-refractivity contribution < 1.29 is 9.21 Å². The van der Waals surface area contributed by atoms with Gasteiger partial charge in [0.15, 0.2) is 5.76 Å². The summed E-state index contributed by atoms with van der Waals surface area (Å²) in [6, 6.07) is 3.77. The predicted octanol–water partition coefficient (Wildman–Crippen LogP) is 3.24. The molecular weight excluding hydrogens is 310 g/mol. The highest BCUT2D eigenvalue weighted by Gasteiger charge is 2.37. The number of amides is 1. The number of aryl methyl sites for hydroxylation is 1. The number of nitrogens with two attached hydrogens (primary N) is 1. The summed E-state index contributed by atoms with van der Waals surface area (Å²) >= 11 is 1.59. The van der Waals surface area contributed by atoms with Gasteiger partial charge in [0.2, 0.25) is 5.91 Å². The molecule has 1 aliphatic rings. The van der Waals surface area contributed by atoms with E-state index in [-0.39, 0.29) is 11.8 Å². The molecule has 2 aromatic heterocycles. The molecule has 1 amide bonds. The maximum absolute atomic E-state index is 12.4. The number of rotatable bonds is 4. The van der Waals surface area contributed by atoms with Crippen LogP contribution in [0.1, 0.15) is 43.4 Å². The second-order valence-corrected chi connectivity index (χ2v) is 7.60. The first-order chi connectivity index (χ1) is 11.0. The van der Waals surface area contributed by atoms with E-state index in [2.05, 4.69) is 10.3 Å². The minimum Gasteiger partial charge on any atom is -0.458 e. The summed E-state index contributed by atoms with van der Waals surface area (Å²) in [5, 5.41) is 5.94. The SMILES string of the molecule is Cc1nc(-c2ccc(CNC(=O)C3CCCCC3(C)N)o2)cs1. The Balaban J connectivity index is 1.60. The van der Waals surface area contributed by atoms with E-state index in [1.54, 1.807) is 11.3 Å². The second kappa shape index (κ2) is 6.45.